The smallest absolute Gasteiger partial charge is 0.313 e. The second kappa shape index (κ2) is 8.43. The number of rotatable bonds is 8. The first-order valence-electron chi connectivity index (χ1n) is 7.95. The van der Waals surface area contributed by atoms with Gasteiger partial charge in [0, 0.05) is 24.5 Å². The minimum Gasteiger partial charge on any atom is -0.497 e. The van der Waals surface area contributed by atoms with Crippen molar-refractivity contribution in [2.75, 3.05) is 27.7 Å². The summed E-state index contributed by atoms with van der Waals surface area (Å²) in [6.45, 7) is 0.916. The molecule has 0 saturated carbocycles. The molecule has 7 heteroatoms. The number of benzene rings is 1. The number of hydrogen-bond acceptors (Lipinski definition) is 6. The van der Waals surface area contributed by atoms with Gasteiger partial charge in [-0.2, -0.15) is 0 Å². The van der Waals surface area contributed by atoms with Gasteiger partial charge in [-0.25, -0.2) is 0 Å². The van der Waals surface area contributed by atoms with E-state index in [1.807, 2.05) is 26.2 Å². The highest BCUT2D eigenvalue weighted by Crippen LogP contribution is 2.27. The molecule has 1 aromatic carbocycles. The first-order chi connectivity index (χ1) is 12.0. The molecular weight excluding hydrogens is 324 g/mol. The molecule has 0 unspecified atom stereocenters. The van der Waals surface area contributed by atoms with Crippen molar-refractivity contribution in [1.82, 2.24) is 9.47 Å². The van der Waals surface area contributed by atoms with Crippen molar-refractivity contribution in [2.45, 2.75) is 19.3 Å². The fourth-order valence-electron chi connectivity index (χ4n) is 2.60. The Balaban J connectivity index is 2.30. The van der Waals surface area contributed by atoms with Crippen molar-refractivity contribution in [3.63, 3.8) is 0 Å². The second-order valence-electron chi connectivity index (χ2n) is 5.94. The van der Waals surface area contributed by atoms with Gasteiger partial charge in [-0.15, -0.1) is 0 Å². The highest BCUT2D eigenvalue weighted by molar-refractivity contribution is 5.96. The van der Waals surface area contributed by atoms with Crippen LogP contribution in [0, 0.1) is 0 Å². The number of likely N-dealkylation sites (N-methyl/N-ethyl adjacent to an activating group) is 1. The van der Waals surface area contributed by atoms with Crippen LogP contribution in [0.15, 0.2) is 24.4 Å². The zero-order valence-corrected chi connectivity index (χ0v) is 14.7. The predicted octanol–water partition coefficient (Wildman–Crippen LogP) is 1.87. The molecule has 0 saturated heterocycles. The van der Waals surface area contributed by atoms with Crippen LogP contribution in [-0.2, 0) is 20.7 Å². The molecule has 0 radical (unpaired) electrons. The fourth-order valence-corrected chi connectivity index (χ4v) is 2.60. The molecule has 0 aliphatic heterocycles. The Morgan fingerprint density at radius 2 is 2.00 bits per heavy atom. The van der Waals surface area contributed by atoms with Crippen LogP contribution < -0.4 is 4.74 Å². The second-order valence-corrected chi connectivity index (χ2v) is 5.94. The molecule has 0 amide bonds. The summed E-state index contributed by atoms with van der Waals surface area (Å²) in [6, 6.07) is 5.53. The molecule has 0 N–H and O–H groups in total. The summed E-state index contributed by atoms with van der Waals surface area (Å²) in [5.74, 6) is -0.221. The highest BCUT2D eigenvalue weighted by atomic mass is 16.6. The summed E-state index contributed by atoms with van der Waals surface area (Å²) in [6.07, 6.45) is 2.42. The molecule has 1 heterocycles. The van der Waals surface area contributed by atoms with Crippen LogP contribution in [0.2, 0.25) is 0 Å². The lowest BCUT2D eigenvalue weighted by atomic mass is 10.1. The SMILES string of the molecule is COc1ccc2c(c1)c(CCN(C)C)cn2C(=O)CCC(=O)OC=O. The lowest BCUT2D eigenvalue weighted by Gasteiger charge is -2.08. The van der Waals surface area contributed by atoms with Crippen LogP contribution in [0.5, 0.6) is 5.75 Å². The van der Waals surface area contributed by atoms with Gasteiger partial charge >= 0.3 is 12.4 Å². The zero-order chi connectivity index (χ0) is 18.4. The number of nitrogens with zero attached hydrogens (tertiary/aromatic N) is 2. The molecule has 2 aromatic rings. The normalized spacial score (nSPS) is 10.9. The largest absolute Gasteiger partial charge is 0.497 e. The topological polar surface area (TPSA) is 77.8 Å². The summed E-state index contributed by atoms with van der Waals surface area (Å²) in [4.78, 5) is 36.0. The highest BCUT2D eigenvalue weighted by Gasteiger charge is 2.16. The van der Waals surface area contributed by atoms with Crippen LogP contribution in [0.3, 0.4) is 0 Å². The number of methoxy groups -OCH3 is 1. The van der Waals surface area contributed by atoms with E-state index < -0.39 is 5.97 Å². The number of carbonyl (C=O) groups is 3. The monoisotopic (exact) mass is 346 g/mol. The zero-order valence-electron chi connectivity index (χ0n) is 14.7. The third kappa shape index (κ3) is 4.67. The van der Waals surface area contributed by atoms with Gasteiger partial charge in [0.05, 0.1) is 19.0 Å². The van der Waals surface area contributed by atoms with Crippen LogP contribution in [0.25, 0.3) is 10.9 Å². The third-order valence-electron chi connectivity index (χ3n) is 3.91. The Morgan fingerprint density at radius 3 is 2.64 bits per heavy atom. The van der Waals surface area contributed by atoms with Crippen molar-refractivity contribution in [1.29, 1.82) is 0 Å². The molecule has 0 atom stereocenters. The number of esters is 1. The van der Waals surface area contributed by atoms with E-state index >= 15 is 0 Å². The van der Waals surface area contributed by atoms with E-state index in [1.54, 1.807) is 23.9 Å². The quantitative estimate of drug-likeness (QED) is 0.413. The number of aromatic nitrogens is 1. The Labute approximate surface area is 146 Å². The van der Waals surface area contributed by atoms with E-state index in [-0.39, 0.29) is 25.2 Å². The molecule has 134 valence electrons. The minimum absolute atomic E-state index is 0.0321. The lowest BCUT2D eigenvalue weighted by molar-refractivity contribution is -0.151. The molecular formula is C18H22N2O5. The van der Waals surface area contributed by atoms with Gasteiger partial charge in [0.15, 0.2) is 0 Å². The molecule has 7 nitrogen and oxygen atoms in total. The van der Waals surface area contributed by atoms with E-state index in [9.17, 15) is 14.4 Å². The van der Waals surface area contributed by atoms with Gasteiger partial charge < -0.3 is 14.4 Å². The van der Waals surface area contributed by atoms with E-state index in [2.05, 4.69) is 9.64 Å². The Kier molecular flexibility index (Phi) is 6.30. The summed E-state index contributed by atoms with van der Waals surface area (Å²) in [5.41, 5.74) is 1.80. The first kappa shape index (κ1) is 18.7. The average Bonchev–Trinajstić information content (AvgIpc) is 2.96. The van der Waals surface area contributed by atoms with Crippen LogP contribution >= 0.6 is 0 Å². The first-order valence-corrected chi connectivity index (χ1v) is 7.95. The maximum atomic E-state index is 12.5. The maximum absolute atomic E-state index is 12.5. The lowest BCUT2D eigenvalue weighted by Crippen LogP contribution is -2.15. The molecule has 2 rings (SSSR count). The third-order valence-corrected chi connectivity index (χ3v) is 3.91. The number of hydrogen-bond donors (Lipinski definition) is 0. The Bertz CT molecular complexity index is 779. The average molecular weight is 346 g/mol. The van der Waals surface area contributed by atoms with Crippen molar-refractivity contribution in [2.24, 2.45) is 0 Å². The van der Waals surface area contributed by atoms with Gasteiger partial charge in [0.1, 0.15) is 5.75 Å². The molecule has 1 aromatic heterocycles. The van der Waals surface area contributed by atoms with Gasteiger partial charge in [0.2, 0.25) is 5.91 Å². The number of ether oxygens (including phenoxy) is 2. The van der Waals surface area contributed by atoms with E-state index in [0.717, 1.165) is 35.2 Å². The standard InChI is InChI=1S/C18H22N2O5/c1-19(2)9-8-13-11-20(17(22)6-7-18(23)25-12-21)16-5-4-14(24-3)10-15(13)16/h4-5,10-12H,6-9H2,1-3H3. The maximum Gasteiger partial charge on any atom is 0.313 e. The molecule has 0 aliphatic carbocycles. The summed E-state index contributed by atoms with van der Waals surface area (Å²) >= 11 is 0. The Morgan fingerprint density at radius 1 is 1.24 bits per heavy atom. The van der Waals surface area contributed by atoms with Crippen LogP contribution in [0.4, 0.5) is 0 Å². The van der Waals surface area contributed by atoms with Crippen LogP contribution in [0.1, 0.15) is 23.2 Å². The minimum atomic E-state index is -0.714. The van der Waals surface area contributed by atoms with Crippen molar-refractivity contribution in [3.8, 4) is 5.75 Å². The van der Waals surface area contributed by atoms with E-state index in [0.29, 0.717) is 0 Å². The molecule has 0 fully saturated rings. The fraction of sp³-hybridized carbons (Fsp3) is 0.389. The van der Waals surface area contributed by atoms with E-state index in [4.69, 9.17) is 4.74 Å². The van der Waals surface area contributed by atoms with Crippen molar-refractivity contribution in [3.05, 3.63) is 30.0 Å². The predicted molar refractivity (Wildman–Crippen MR) is 92.8 cm³/mol. The van der Waals surface area contributed by atoms with Crippen LogP contribution in [-0.4, -0.2) is 55.6 Å². The van der Waals surface area contributed by atoms with Gasteiger partial charge in [-0.1, -0.05) is 0 Å². The Hall–Kier alpha value is -2.67. The van der Waals surface area contributed by atoms with Gasteiger partial charge in [0.25, 0.3) is 0 Å². The van der Waals surface area contributed by atoms with Crippen molar-refractivity contribution >= 4 is 29.3 Å². The molecule has 25 heavy (non-hydrogen) atoms. The summed E-state index contributed by atoms with van der Waals surface area (Å²) in [5, 5.41) is 0.949. The number of carbonyl (C=O) groups excluding carboxylic acids is 3. The summed E-state index contributed by atoms with van der Waals surface area (Å²) < 4.78 is 11.0. The van der Waals surface area contributed by atoms with E-state index in [1.165, 1.54) is 0 Å². The van der Waals surface area contributed by atoms with Gasteiger partial charge in [-0.05, 0) is 44.3 Å². The number of fused-ring (bicyclic) bond motifs is 1. The van der Waals surface area contributed by atoms with Gasteiger partial charge in [-0.3, -0.25) is 19.0 Å². The molecule has 0 aliphatic rings. The molecule has 0 bridgehead atoms. The molecule has 0 spiro atoms. The van der Waals surface area contributed by atoms with Crippen molar-refractivity contribution < 1.29 is 23.9 Å². The summed E-state index contributed by atoms with van der Waals surface area (Å²) in [7, 11) is 5.58.